The molecule has 0 unspecified atom stereocenters. The summed E-state index contributed by atoms with van der Waals surface area (Å²) in [7, 11) is 0. The lowest BCUT2D eigenvalue weighted by Crippen LogP contribution is -2.31. The Morgan fingerprint density at radius 3 is 2.55 bits per heavy atom. The summed E-state index contributed by atoms with van der Waals surface area (Å²) in [6.07, 6.45) is 0.416. The fourth-order valence-electron chi connectivity index (χ4n) is 1.53. The summed E-state index contributed by atoms with van der Waals surface area (Å²) in [5.41, 5.74) is 1.19. The van der Waals surface area contributed by atoms with Gasteiger partial charge >= 0.3 is 0 Å². The number of halogens is 1. The first-order chi connectivity index (χ1) is 9.17. The van der Waals surface area contributed by atoms with Gasteiger partial charge in [0.05, 0.1) is 0 Å². The molecule has 0 heterocycles. The topological polar surface area (TPSA) is 70.2 Å². The second-order valence-corrected chi connectivity index (χ2v) is 4.09. The zero-order chi connectivity index (χ0) is 14.1. The van der Waals surface area contributed by atoms with E-state index in [0.29, 0.717) is 24.2 Å². The third-order valence-electron chi connectivity index (χ3n) is 2.57. The predicted molar refractivity (Wildman–Crippen MR) is 83.5 cm³/mol. The van der Waals surface area contributed by atoms with Gasteiger partial charge in [0.1, 0.15) is 0 Å². The van der Waals surface area contributed by atoms with Gasteiger partial charge < -0.3 is 16.0 Å². The Hall–Kier alpha value is -1.59. The highest BCUT2D eigenvalue weighted by molar-refractivity contribution is 5.97. The van der Waals surface area contributed by atoms with E-state index in [1.54, 1.807) is 31.2 Å². The molecule has 1 aromatic carbocycles. The average Bonchev–Trinajstić information content (AvgIpc) is 2.43. The van der Waals surface area contributed by atoms with Crippen LogP contribution in [0.3, 0.4) is 0 Å². The van der Waals surface area contributed by atoms with Crippen LogP contribution in [0.1, 0.15) is 30.6 Å². The quantitative estimate of drug-likeness (QED) is 0.672. The normalized spacial score (nSPS) is 9.50. The van der Waals surface area contributed by atoms with Crippen molar-refractivity contribution in [1.82, 2.24) is 10.6 Å². The second kappa shape index (κ2) is 10.2. The van der Waals surface area contributed by atoms with Gasteiger partial charge in [-0.1, -0.05) is 19.9 Å². The van der Waals surface area contributed by atoms with E-state index < -0.39 is 0 Å². The lowest BCUT2D eigenvalue weighted by molar-refractivity contribution is -0.115. The molecule has 0 spiro atoms. The fourth-order valence-corrected chi connectivity index (χ4v) is 1.53. The highest BCUT2D eigenvalue weighted by Gasteiger charge is 2.06. The van der Waals surface area contributed by atoms with E-state index in [4.69, 9.17) is 0 Å². The minimum atomic E-state index is -0.134. The van der Waals surface area contributed by atoms with Crippen molar-refractivity contribution in [2.75, 3.05) is 25.0 Å². The Morgan fingerprint density at radius 1 is 1.15 bits per heavy atom. The molecule has 0 atom stereocenters. The summed E-state index contributed by atoms with van der Waals surface area (Å²) in [6.45, 7) is 6.01. The number of benzene rings is 1. The second-order valence-electron chi connectivity index (χ2n) is 4.09. The number of likely N-dealkylation sites (N-methyl/N-ethyl adjacent to an activating group) is 1. The van der Waals surface area contributed by atoms with E-state index in [1.807, 2.05) is 6.92 Å². The van der Waals surface area contributed by atoms with E-state index in [0.717, 1.165) is 13.1 Å². The first-order valence-electron chi connectivity index (χ1n) is 6.56. The molecule has 0 saturated heterocycles. The molecule has 0 bridgehead atoms. The van der Waals surface area contributed by atoms with Gasteiger partial charge in [-0.15, -0.1) is 12.4 Å². The van der Waals surface area contributed by atoms with Crippen LogP contribution in [-0.2, 0) is 4.79 Å². The van der Waals surface area contributed by atoms with Crippen LogP contribution in [0, 0.1) is 0 Å². The maximum Gasteiger partial charge on any atom is 0.251 e. The number of rotatable bonds is 7. The predicted octanol–water partition coefficient (Wildman–Crippen LogP) is 1.80. The van der Waals surface area contributed by atoms with Crippen molar-refractivity contribution >= 4 is 29.9 Å². The Morgan fingerprint density at radius 2 is 1.90 bits per heavy atom. The van der Waals surface area contributed by atoms with E-state index in [1.165, 1.54) is 0 Å². The van der Waals surface area contributed by atoms with Crippen molar-refractivity contribution in [3.8, 4) is 0 Å². The van der Waals surface area contributed by atoms with Crippen molar-refractivity contribution in [3.05, 3.63) is 29.8 Å². The lowest BCUT2D eigenvalue weighted by atomic mass is 10.2. The molecular formula is C14H22ClN3O2. The van der Waals surface area contributed by atoms with Gasteiger partial charge in [-0.05, 0) is 24.7 Å². The van der Waals surface area contributed by atoms with Crippen LogP contribution in [-0.4, -0.2) is 31.4 Å². The molecule has 6 heteroatoms. The van der Waals surface area contributed by atoms with Crippen LogP contribution in [0.2, 0.25) is 0 Å². The third kappa shape index (κ3) is 6.54. The van der Waals surface area contributed by atoms with Gasteiger partial charge in [0, 0.05) is 30.8 Å². The number of carbonyl (C=O) groups is 2. The first kappa shape index (κ1) is 18.4. The van der Waals surface area contributed by atoms with Crippen LogP contribution in [0.5, 0.6) is 0 Å². The SMILES string of the molecule is CCNCCNC(=O)c1cccc(NC(=O)CC)c1.Cl. The molecule has 20 heavy (non-hydrogen) atoms. The molecule has 0 saturated carbocycles. The first-order valence-corrected chi connectivity index (χ1v) is 6.56. The number of hydrogen-bond acceptors (Lipinski definition) is 3. The zero-order valence-electron chi connectivity index (χ0n) is 11.9. The van der Waals surface area contributed by atoms with Crippen molar-refractivity contribution in [3.63, 3.8) is 0 Å². The Kier molecular flexibility index (Phi) is 9.41. The molecule has 0 aliphatic heterocycles. The lowest BCUT2D eigenvalue weighted by Gasteiger charge is -2.08. The van der Waals surface area contributed by atoms with E-state index in [2.05, 4.69) is 16.0 Å². The molecule has 2 amide bonds. The Labute approximate surface area is 125 Å². The maximum absolute atomic E-state index is 11.9. The van der Waals surface area contributed by atoms with Gasteiger partial charge in [-0.3, -0.25) is 9.59 Å². The number of amides is 2. The minimum Gasteiger partial charge on any atom is -0.351 e. The molecule has 3 N–H and O–H groups in total. The monoisotopic (exact) mass is 299 g/mol. The van der Waals surface area contributed by atoms with Gasteiger partial charge in [0.2, 0.25) is 5.91 Å². The molecule has 5 nitrogen and oxygen atoms in total. The Balaban J connectivity index is 0.00000361. The smallest absolute Gasteiger partial charge is 0.251 e. The zero-order valence-corrected chi connectivity index (χ0v) is 12.7. The summed E-state index contributed by atoms with van der Waals surface area (Å²) in [4.78, 5) is 23.2. The van der Waals surface area contributed by atoms with Crippen LogP contribution in [0.15, 0.2) is 24.3 Å². The summed E-state index contributed by atoms with van der Waals surface area (Å²) in [5.74, 6) is -0.199. The van der Waals surface area contributed by atoms with Gasteiger partial charge in [0.15, 0.2) is 0 Å². The third-order valence-corrected chi connectivity index (χ3v) is 2.57. The Bertz CT molecular complexity index is 438. The minimum absolute atomic E-state index is 0. The molecule has 0 aliphatic carbocycles. The van der Waals surface area contributed by atoms with Crippen molar-refractivity contribution in [1.29, 1.82) is 0 Å². The van der Waals surface area contributed by atoms with Crippen molar-refractivity contribution < 1.29 is 9.59 Å². The van der Waals surface area contributed by atoms with Gasteiger partial charge in [0.25, 0.3) is 5.91 Å². The maximum atomic E-state index is 11.9. The summed E-state index contributed by atoms with van der Waals surface area (Å²) < 4.78 is 0. The standard InChI is InChI=1S/C14H21N3O2.ClH/c1-3-13(18)17-12-7-5-6-11(10-12)14(19)16-9-8-15-4-2;/h5-7,10,15H,3-4,8-9H2,1-2H3,(H,16,19)(H,17,18);1H. The fraction of sp³-hybridized carbons (Fsp3) is 0.429. The van der Waals surface area contributed by atoms with E-state index in [9.17, 15) is 9.59 Å². The largest absolute Gasteiger partial charge is 0.351 e. The highest BCUT2D eigenvalue weighted by Crippen LogP contribution is 2.10. The van der Waals surface area contributed by atoms with Crippen LogP contribution < -0.4 is 16.0 Å². The van der Waals surface area contributed by atoms with Crippen molar-refractivity contribution in [2.24, 2.45) is 0 Å². The van der Waals surface area contributed by atoms with E-state index in [-0.39, 0.29) is 24.2 Å². The van der Waals surface area contributed by atoms with Gasteiger partial charge in [-0.2, -0.15) is 0 Å². The van der Waals surface area contributed by atoms with Crippen molar-refractivity contribution in [2.45, 2.75) is 20.3 Å². The number of anilines is 1. The van der Waals surface area contributed by atoms with Crippen LogP contribution in [0.4, 0.5) is 5.69 Å². The molecule has 1 rings (SSSR count). The summed E-state index contributed by atoms with van der Waals surface area (Å²) in [6, 6.07) is 6.92. The molecule has 0 aromatic heterocycles. The molecule has 1 aromatic rings. The molecule has 112 valence electrons. The summed E-state index contributed by atoms with van der Waals surface area (Å²) in [5, 5.41) is 8.67. The highest BCUT2D eigenvalue weighted by atomic mass is 35.5. The number of nitrogens with one attached hydrogen (secondary N) is 3. The average molecular weight is 300 g/mol. The molecule has 0 radical (unpaired) electrons. The van der Waals surface area contributed by atoms with Crippen LogP contribution >= 0.6 is 12.4 Å². The van der Waals surface area contributed by atoms with Crippen LogP contribution in [0.25, 0.3) is 0 Å². The molecule has 0 aliphatic rings. The molecular weight excluding hydrogens is 278 g/mol. The van der Waals surface area contributed by atoms with E-state index >= 15 is 0 Å². The summed E-state index contributed by atoms with van der Waals surface area (Å²) >= 11 is 0. The molecule has 0 fully saturated rings. The number of hydrogen-bond donors (Lipinski definition) is 3. The number of carbonyl (C=O) groups excluding carboxylic acids is 2. The van der Waals surface area contributed by atoms with Gasteiger partial charge in [-0.25, -0.2) is 0 Å².